The van der Waals surface area contributed by atoms with Crippen LogP contribution >= 0.6 is 0 Å². The van der Waals surface area contributed by atoms with Crippen LogP contribution in [0.15, 0.2) is 164 Å². The van der Waals surface area contributed by atoms with Crippen LogP contribution in [-0.2, 0) is 0 Å². The van der Waals surface area contributed by atoms with Crippen molar-refractivity contribution in [2.75, 3.05) is 4.90 Å². The minimum atomic E-state index is 1.13. The molecule has 0 unspecified atom stereocenters. The molecule has 0 saturated heterocycles. The molecule has 0 N–H and O–H groups in total. The molecule has 39 heavy (non-hydrogen) atoms. The highest BCUT2D eigenvalue weighted by molar-refractivity contribution is 5.78. The van der Waals surface area contributed by atoms with E-state index in [0.29, 0.717) is 0 Å². The zero-order chi connectivity index (χ0) is 26.3. The van der Waals surface area contributed by atoms with Crippen molar-refractivity contribution in [3.63, 3.8) is 0 Å². The molecule has 0 bridgehead atoms. The molecule has 0 spiro atoms. The summed E-state index contributed by atoms with van der Waals surface area (Å²) in [5, 5.41) is 0. The SMILES string of the molecule is C(=C\c1ccc(N(c2ccccc2)c2ccccc2)cc1)/c1ccc(-c2ccc(-c3ccccc3)cc2)cc1. The highest BCUT2D eigenvalue weighted by Gasteiger charge is 2.11. The van der Waals surface area contributed by atoms with Crippen LogP contribution < -0.4 is 4.90 Å². The highest BCUT2D eigenvalue weighted by atomic mass is 15.1. The van der Waals surface area contributed by atoms with Gasteiger partial charge >= 0.3 is 0 Å². The Bertz CT molecular complexity index is 1590. The maximum absolute atomic E-state index is 2.28. The van der Waals surface area contributed by atoms with Gasteiger partial charge in [-0.1, -0.05) is 140 Å². The quantitative estimate of drug-likeness (QED) is 0.197. The van der Waals surface area contributed by atoms with Gasteiger partial charge in [-0.2, -0.15) is 0 Å². The molecule has 6 rings (SSSR count). The number of nitrogens with zero attached hydrogens (tertiary/aromatic N) is 1. The summed E-state index contributed by atoms with van der Waals surface area (Å²) >= 11 is 0. The van der Waals surface area contributed by atoms with Crippen molar-refractivity contribution in [3.8, 4) is 22.3 Å². The van der Waals surface area contributed by atoms with Crippen molar-refractivity contribution >= 4 is 29.2 Å². The number of anilines is 3. The predicted molar refractivity (Wildman–Crippen MR) is 167 cm³/mol. The van der Waals surface area contributed by atoms with Crippen LogP contribution in [-0.4, -0.2) is 0 Å². The van der Waals surface area contributed by atoms with Crippen LogP contribution in [0.4, 0.5) is 17.1 Å². The summed E-state index contributed by atoms with van der Waals surface area (Å²) in [7, 11) is 0. The summed E-state index contributed by atoms with van der Waals surface area (Å²) in [5.41, 5.74) is 10.7. The Labute approximate surface area is 231 Å². The summed E-state index contributed by atoms with van der Waals surface area (Å²) in [6.45, 7) is 0. The molecule has 0 aliphatic heterocycles. The zero-order valence-electron chi connectivity index (χ0n) is 21.7. The lowest BCUT2D eigenvalue weighted by atomic mass is 9.99. The largest absolute Gasteiger partial charge is 0.311 e. The fraction of sp³-hybridized carbons (Fsp3) is 0. The van der Waals surface area contributed by atoms with Gasteiger partial charge < -0.3 is 4.90 Å². The van der Waals surface area contributed by atoms with Crippen LogP contribution in [0.5, 0.6) is 0 Å². The van der Waals surface area contributed by atoms with Crippen LogP contribution in [0, 0.1) is 0 Å². The summed E-state index contributed by atoms with van der Waals surface area (Å²) in [4.78, 5) is 2.28. The van der Waals surface area contributed by atoms with Crippen LogP contribution in [0.25, 0.3) is 34.4 Å². The molecule has 0 fully saturated rings. The molecule has 1 heteroatoms. The molecule has 0 aliphatic carbocycles. The number of para-hydroxylation sites is 2. The molecule has 0 atom stereocenters. The predicted octanol–water partition coefficient (Wildman–Crippen LogP) is 10.7. The Kier molecular flexibility index (Phi) is 7.14. The van der Waals surface area contributed by atoms with Gasteiger partial charge in [0.2, 0.25) is 0 Å². The molecule has 6 aromatic carbocycles. The molecule has 0 aliphatic rings. The van der Waals surface area contributed by atoms with E-state index in [1.165, 1.54) is 33.4 Å². The van der Waals surface area contributed by atoms with Crippen molar-refractivity contribution in [2.24, 2.45) is 0 Å². The minimum absolute atomic E-state index is 1.13. The lowest BCUT2D eigenvalue weighted by Gasteiger charge is -2.25. The first kappa shape index (κ1) is 24.2. The maximum Gasteiger partial charge on any atom is 0.0462 e. The number of hydrogen-bond donors (Lipinski definition) is 0. The van der Waals surface area contributed by atoms with E-state index in [-0.39, 0.29) is 0 Å². The van der Waals surface area contributed by atoms with E-state index in [4.69, 9.17) is 0 Å². The Morgan fingerprint density at radius 3 is 1.03 bits per heavy atom. The third kappa shape index (κ3) is 5.74. The summed E-state index contributed by atoms with van der Waals surface area (Å²) < 4.78 is 0. The van der Waals surface area contributed by atoms with Gasteiger partial charge in [0.05, 0.1) is 0 Å². The van der Waals surface area contributed by atoms with Gasteiger partial charge in [0.1, 0.15) is 0 Å². The van der Waals surface area contributed by atoms with Gasteiger partial charge in [0, 0.05) is 17.1 Å². The summed E-state index contributed by atoms with van der Waals surface area (Å²) in [6.07, 6.45) is 4.34. The van der Waals surface area contributed by atoms with Crippen molar-refractivity contribution < 1.29 is 0 Å². The summed E-state index contributed by atoms with van der Waals surface area (Å²) in [5.74, 6) is 0. The van der Waals surface area contributed by atoms with Crippen molar-refractivity contribution in [2.45, 2.75) is 0 Å². The van der Waals surface area contributed by atoms with Gasteiger partial charge in [-0.15, -0.1) is 0 Å². The third-order valence-corrected chi connectivity index (χ3v) is 6.88. The lowest BCUT2D eigenvalue weighted by Crippen LogP contribution is -2.09. The standard InChI is InChI=1S/C38H29N/c1-4-10-32(11-5-1)34-24-26-35(27-25-34)33-22-18-30(19-23-33)16-17-31-20-28-38(29-21-31)39(36-12-6-2-7-13-36)37-14-8-3-9-15-37/h1-29H/b17-16+. The second kappa shape index (κ2) is 11.5. The Hall–Kier alpha value is -5.14. The molecular weight excluding hydrogens is 470 g/mol. The lowest BCUT2D eigenvalue weighted by molar-refractivity contribution is 1.28. The molecule has 1 nitrogen and oxygen atoms in total. The zero-order valence-corrected chi connectivity index (χ0v) is 21.7. The number of benzene rings is 6. The normalized spacial score (nSPS) is 11.0. The molecular formula is C38H29N. The Morgan fingerprint density at radius 1 is 0.282 bits per heavy atom. The first-order valence-electron chi connectivity index (χ1n) is 13.3. The molecule has 0 radical (unpaired) electrons. The first-order chi connectivity index (χ1) is 19.3. The Morgan fingerprint density at radius 2 is 0.590 bits per heavy atom. The van der Waals surface area contributed by atoms with Crippen LogP contribution in [0.3, 0.4) is 0 Å². The van der Waals surface area contributed by atoms with Crippen LogP contribution in [0.1, 0.15) is 11.1 Å². The number of rotatable bonds is 7. The van der Waals surface area contributed by atoms with E-state index in [1.54, 1.807) is 0 Å². The van der Waals surface area contributed by atoms with E-state index in [2.05, 4.69) is 175 Å². The maximum atomic E-state index is 2.28. The number of hydrogen-bond acceptors (Lipinski definition) is 1. The topological polar surface area (TPSA) is 3.24 Å². The van der Waals surface area contributed by atoms with Gasteiger partial charge in [0.25, 0.3) is 0 Å². The van der Waals surface area contributed by atoms with Crippen molar-refractivity contribution in [3.05, 3.63) is 175 Å². The van der Waals surface area contributed by atoms with E-state index < -0.39 is 0 Å². The van der Waals surface area contributed by atoms with E-state index >= 15 is 0 Å². The molecule has 0 saturated carbocycles. The van der Waals surface area contributed by atoms with Gasteiger partial charge in [0.15, 0.2) is 0 Å². The smallest absolute Gasteiger partial charge is 0.0462 e. The monoisotopic (exact) mass is 499 g/mol. The fourth-order valence-corrected chi connectivity index (χ4v) is 4.80. The fourth-order valence-electron chi connectivity index (χ4n) is 4.80. The van der Waals surface area contributed by atoms with Gasteiger partial charge in [-0.25, -0.2) is 0 Å². The second-order valence-electron chi connectivity index (χ2n) is 9.50. The average molecular weight is 500 g/mol. The average Bonchev–Trinajstić information content (AvgIpc) is 3.03. The molecule has 0 amide bonds. The van der Waals surface area contributed by atoms with Crippen molar-refractivity contribution in [1.29, 1.82) is 0 Å². The highest BCUT2D eigenvalue weighted by Crippen LogP contribution is 2.34. The third-order valence-electron chi connectivity index (χ3n) is 6.88. The van der Waals surface area contributed by atoms with E-state index in [0.717, 1.165) is 17.1 Å². The molecule has 0 aromatic heterocycles. The van der Waals surface area contributed by atoms with Gasteiger partial charge in [-0.05, 0) is 69.8 Å². The second-order valence-corrected chi connectivity index (χ2v) is 9.50. The minimum Gasteiger partial charge on any atom is -0.311 e. The van der Waals surface area contributed by atoms with E-state index in [9.17, 15) is 0 Å². The van der Waals surface area contributed by atoms with Gasteiger partial charge in [-0.3, -0.25) is 0 Å². The molecule has 186 valence electrons. The molecule has 0 heterocycles. The van der Waals surface area contributed by atoms with Crippen LogP contribution in [0.2, 0.25) is 0 Å². The summed E-state index contributed by atoms with van der Waals surface area (Å²) in [6, 6.07) is 57.7. The van der Waals surface area contributed by atoms with Crippen molar-refractivity contribution in [1.82, 2.24) is 0 Å². The first-order valence-corrected chi connectivity index (χ1v) is 13.3. The Balaban J connectivity index is 1.16. The van der Waals surface area contributed by atoms with E-state index in [1.807, 2.05) is 6.07 Å². The molecule has 6 aromatic rings.